The molecule has 0 bridgehead atoms. The maximum atomic E-state index is 13.1. The van der Waals surface area contributed by atoms with Crippen LogP contribution in [0.3, 0.4) is 0 Å². The molecule has 0 aromatic rings. The Kier molecular flexibility index (Phi) is 72.5. The van der Waals surface area contributed by atoms with Gasteiger partial charge in [-0.3, -0.25) is 37.3 Å². The Bertz CT molecular complexity index is 1910. The van der Waals surface area contributed by atoms with Gasteiger partial charge in [0.15, 0.2) is 12.2 Å². The van der Waals surface area contributed by atoms with Crippen molar-refractivity contribution in [2.24, 2.45) is 5.92 Å². The van der Waals surface area contributed by atoms with Gasteiger partial charge in [0.05, 0.1) is 26.4 Å². The van der Waals surface area contributed by atoms with Crippen molar-refractivity contribution in [3.63, 3.8) is 0 Å². The molecule has 2 unspecified atom stereocenters. The molecule has 0 spiro atoms. The quantitative estimate of drug-likeness (QED) is 0.0222. The van der Waals surface area contributed by atoms with Gasteiger partial charge in [0.1, 0.15) is 19.3 Å². The van der Waals surface area contributed by atoms with Crippen LogP contribution in [0, 0.1) is 5.92 Å². The van der Waals surface area contributed by atoms with E-state index >= 15 is 0 Å². The van der Waals surface area contributed by atoms with Crippen LogP contribution in [0.4, 0.5) is 0 Å². The van der Waals surface area contributed by atoms with Gasteiger partial charge in [-0.1, -0.05) is 381 Å². The van der Waals surface area contributed by atoms with Crippen molar-refractivity contribution in [2.45, 2.75) is 451 Å². The van der Waals surface area contributed by atoms with E-state index < -0.39 is 97.5 Å². The van der Waals surface area contributed by atoms with E-state index in [4.69, 9.17) is 37.0 Å². The third kappa shape index (κ3) is 74.3. The Morgan fingerprint density at radius 3 is 0.680 bits per heavy atom. The van der Waals surface area contributed by atoms with Gasteiger partial charge in [0.2, 0.25) is 0 Å². The van der Waals surface area contributed by atoms with E-state index in [1.165, 1.54) is 257 Å². The van der Waals surface area contributed by atoms with Crippen LogP contribution in [0.25, 0.3) is 0 Å². The first-order valence-corrected chi connectivity index (χ1v) is 45.1. The van der Waals surface area contributed by atoms with Crippen molar-refractivity contribution >= 4 is 39.5 Å². The predicted molar refractivity (Wildman–Crippen MR) is 409 cm³/mol. The molecule has 0 fully saturated rings. The van der Waals surface area contributed by atoms with E-state index in [2.05, 4.69) is 34.6 Å². The highest BCUT2D eigenvalue weighted by molar-refractivity contribution is 7.47. The lowest BCUT2D eigenvalue weighted by molar-refractivity contribution is -0.161. The summed E-state index contributed by atoms with van der Waals surface area (Å²) in [4.78, 5) is 72.9. The van der Waals surface area contributed by atoms with Crippen molar-refractivity contribution in [3.8, 4) is 0 Å². The Labute approximate surface area is 613 Å². The van der Waals surface area contributed by atoms with Crippen LogP contribution in [0.2, 0.25) is 0 Å². The highest BCUT2D eigenvalue weighted by atomic mass is 31.2. The number of carbonyl (C=O) groups excluding carboxylic acids is 4. The number of unbranched alkanes of at least 4 members (excludes halogenated alkanes) is 53. The van der Waals surface area contributed by atoms with E-state index in [0.29, 0.717) is 25.7 Å². The molecular formula is C81H158O17P2. The molecule has 0 aliphatic heterocycles. The van der Waals surface area contributed by atoms with E-state index in [1.807, 2.05) is 0 Å². The van der Waals surface area contributed by atoms with Gasteiger partial charge in [0, 0.05) is 25.7 Å². The fraction of sp³-hybridized carbons (Fsp3) is 0.951. The zero-order chi connectivity index (χ0) is 73.4. The van der Waals surface area contributed by atoms with Gasteiger partial charge >= 0.3 is 39.5 Å². The summed E-state index contributed by atoms with van der Waals surface area (Å²) in [5.41, 5.74) is 0. The molecule has 17 nitrogen and oxygen atoms in total. The number of hydrogen-bond acceptors (Lipinski definition) is 15. The summed E-state index contributed by atoms with van der Waals surface area (Å²) < 4.78 is 68.6. The smallest absolute Gasteiger partial charge is 0.462 e. The second kappa shape index (κ2) is 73.9. The number of aliphatic hydroxyl groups is 1. The standard InChI is InChI=1S/C81H158O17P2/c1-6-9-12-15-18-21-23-25-27-29-31-33-35-37-39-41-44-50-55-60-65-79(84)92-71-76(97-80(85)66-61-56-51-45-42-40-38-36-34-32-30-28-26-24-22-19-16-13-10-7-2)72-95-99(87,88)93-68-75(82)69-94-100(89,90)96-73-77(70-91-78(83)64-59-54-49-43-20-17-14-11-8-3)98-81(86)67-62-57-52-47-46-48-53-58-63-74(4)5/h74-77,82H,6-73H2,1-5H3,(H,87,88)(H,89,90)/t75-,76-,77-/m1/s1. The second-order valence-corrected chi connectivity index (χ2v) is 32.5. The molecule has 5 atom stereocenters. The largest absolute Gasteiger partial charge is 0.472 e. The number of ether oxygens (including phenoxy) is 4. The fourth-order valence-electron chi connectivity index (χ4n) is 12.6. The number of esters is 4. The van der Waals surface area contributed by atoms with Crippen LogP contribution >= 0.6 is 15.6 Å². The van der Waals surface area contributed by atoms with Crippen molar-refractivity contribution < 1.29 is 80.2 Å². The molecule has 0 amide bonds. The van der Waals surface area contributed by atoms with Crippen molar-refractivity contribution in [1.82, 2.24) is 0 Å². The summed E-state index contributed by atoms with van der Waals surface area (Å²) in [5.74, 6) is -1.39. The van der Waals surface area contributed by atoms with Gasteiger partial charge in [-0.25, -0.2) is 9.13 Å². The van der Waals surface area contributed by atoms with Crippen LogP contribution in [0.5, 0.6) is 0 Å². The summed E-state index contributed by atoms with van der Waals surface area (Å²) in [5, 5.41) is 10.6. The highest BCUT2D eigenvalue weighted by Gasteiger charge is 2.30. The Hall–Kier alpha value is -1.94. The summed E-state index contributed by atoms with van der Waals surface area (Å²) in [6, 6.07) is 0. The number of phosphoric acid groups is 2. The zero-order valence-electron chi connectivity index (χ0n) is 65.3. The maximum Gasteiger partial charge on any atom is 0.472 e. The Morgan fingerprint density at radius 1 is 0.270 bits per heavy atom. The van der Waals surface area contributed by atoms with E-state index in [1.54, 1.807) is 0 Å². The van der Waals surface area contributed by atoms with Crippen molar-refractivity contribution in [2.75, 3.05) is 39.6 Å². The SMILES string of the molecule is CCCCCCCCCCCCCCCCCCCCCCC(=O)OC[C@H](COP(=O)(O)OC[C@@H](O)COP(=O)(O)OC[C@@H](COC(=O)CCCCCCCCCCC)OC(=O)CCCCCCCCCCC(C)C)OC(=O)CCCCCCCCCCCCCCCCCCCCCC. The first-order valence-electron chi connectivity index (χ1n) is 42.1. The number of carbonyl (C=O) groups is 4. The molecule has 594 valence electrons. The Balaban J connectivity index is 5.18. The van der Waals surface area contributed by atoms with E-state index in [9.17, 15) is 43.2 Å². The molecule has 0 rings (SSSR count). The van der Waals surface area contributed by atoms with Gasteiger partial charge in [0.25, 0.3) is 0 Å². The van der Waals surface area contributed by atoms with E-state index in [-0.39, 0.29) is 25.7 Å². The summed E-state index contributed by atoms with van der Waals surface area (Å²) >= 11 is 0. The van der Waals surface area contributed by atoms with Gasteiger partial charge < -0.3 is 33.8 Å². The molecule has 0 aromatic carbocycles. The van der Waals surface area contributed by atoms with Crippen LogP contribution in [0.1, 0.15) is 433 Å². The molecule has 100 heavy (non-hydrogen) atoms. The number of rotatable bonds is 81. The molecule has 0 saturated carbocycles. The van der Waals surface area contributed by atoms with Crippen LogP contribution in [-0.4, -0.2) is 96.7 Å². The Morgan fingerprint density at radius 2 is 0.460 bits per heavy atom. The lowest BCUT2D eigenvalue weighted by Gasteiger charge is -2.21. The maximum absolute atomic E-state index is 13.1. The predicted octanol–water partition coefficient (Wildman–Crippen LogP) is 24.4. The zero-order valence-corrected chi connectivity index (χ0v) is 67.1. The first kappa shape index (κ1) is 98.1. The third-order valence-corrected chi connectivity index (χ3v) is 20.9. The topological polar surface area (TPSA) is 237 Å². The molecule has 0 aromatic heterocycles. The van der Waals surface area contributed by atoms with Crippen molar-refractivity contribution in [1.29, 1.82) is 0 Å². The summed E-state index contributed by atoms with van der Waals surface area (Å²) in [6.07, 6.45) is 65.5. The second-order valence-electron chi connectivity index (χ2n) is 29.6. The summed E-state index contributed by atoms with van der Waals surface area (Å²) in [7, 11) is -9.91. The molecular weight excluding hydrogens is 1310 g/mol. The molecule has 0 saturated heterocycles. The normalized spacial score (nSPS) is 13.8. The minimum absolute atomic E-state index is 0.105. The molecule has 19 heteroatoms. The minimum atomic E-state index is -4.96. The van der Waals surface area contributed by atoms with Gasteiger partial charge in [-0.2, -0.15) is 0 Å². The molecule has 3 N–H and O–H groups in total. The van der Waals surface area contributed by atoms with Crippen LogP contribution in [-0.2, 0) is 65.4 Å². The highest BCUT2D eigenvalue weighted by Crippen LogP contribution is 2.45. The number of phosphoric ester groups is 2. The monoisotopic (exact) mass is 1470 g/mol. The third-order valence-electron chi connectivity index (χ3n) is 19.0. The average Bonchev–Trinajstić information content (AvgIpc) is 0.958. The van der Waals surface area contributed by atoms with E-state index in [0.717, 1.165) is 95.8 Å². The van der Waals surface area contributed by atoms with Crippen molar-refractivity contribution in [3.05, 3.63) is 0 Å². The molecule has 0 aliphatic carbocycles. The fourth-order valence-corrected chi connectivity index (χ4v) is 14.2. The average molecular weight is 1470 g/mol. The lowest BCUT2D eigenvalue weighted by atomic mass is 10.0. The van der Waals surface area contributed by atoms with Crippen LogP contribution in [0.15, 0.2) is 0 Å². The number of aliphatic hydroxyl groups excluding tert-OH is 1. The lowest BCUT2D eigenvalue weighted by Crippen LogP contribution is -2.30. The molecule has 0 aliphatic rings. The molecule has 0 heterocycles. The van der Waals surface area contributed by atoms with Gasteiger partial charge in [-0.15, -0.1) is 0 Å². The molecule has 0 radical (unpaired) electrons. The number of hydrogen-bond donors (Lipinski definition) is 3. The summed E-state index contributed by atoms with van der Waals surface area (Å²) in [6.45, 7) is 7.26. The van der Waals surface area contributed by atoms with Gasteiger partial charge in [-0.05, 0) is 31.6 Å². The van der Waals surface area contributed by atoms with Crippen LogP contribution < -0.4 is 0 Å². The first-order chi connectivity index (χ1) is 48.5. The minimum Gasteiger partial charge on any atom is -0.462 e.